The minimum absolute atomic E-state index is 0. The van der Waals surface area contributed by atoms with Crippen molar-refractivity contribution >= 4 is 17.8 Å². The van der Waals surface area contributed by atoms with E-state index < -0.39 is 71.8 Å². The van der Waals surface area contributed by atoms with E-state index in [4.69, 9.17) is 19.9 Å². The number of amides is 1. The fourth-order valence-electron chi connectivity index (χ4n) is 8.05. The summed E-state index contributed by atoms with van der Waals surface area (Å²) in [5.41, 5.74) is 4.78. The molecule has 0 saturated carbocycles. The van der Waals surface area contributed by atoms with Crippen molar-refractivity contribution in [3.05, 3.63) is 35.9 Å². The smallest absolute Gasteiger partial charge is 0.449 e. The number of halogens is 3. The number of benzene rings is 1. The summed E-state index contributed by atoms with van der Waals surface area (Å²) < 4.78 is 49.2. The third-order valence-electron chi connectivity index (χ3n) is 12.3. The Morgan fingerprint density at radius 1 is 0.729 bits per heavy atom. The highest BCUT2D eigenvalue weighted by Crippen LogP contribution is 2.32. The van der Waals surface area contributed by atoms with Gasteiger partial charge in [0.1, 0.15) is 23.5 Å². The summed E-state index contributed by atoms with van der Waals surface area (Å²) in [6.07, 6.45) is 22.3. The van der Waals surface area contributed by atoms with Gasteiger partial charge in [0.05, 0.1) is 43.1 Å². The van der Waals surface area contributed by atoms with Gasteiger partial charge >= 0.3 is 18.2 Å². The maximum Gasteiger partial charge on any atom is 0.449 e. The van der Waals surface area contributed by atoms with Crippen LogP contribution in [0.15, 0.2) is 30.3 Å². The number of hydrogen-bond donors (Lipinski definition) is 5. The quantitative estimate of drug-likeness (QED) is 0.0333. The molecule has 1 amide bonds. The highest BCUT2D eigenvalue weighted by atomic mass is 19.4. The zero-order valence-corrected chi connectivity index (χ0v) is 44.0. The molecule has 0 bridgehead atoms. The van der Waals surface area contributed by atoms with E-state index in [1.807, 2.05) is 26.8 Å². The molecule has 1 heterocycles. The molecule has 1 aromatic carbocycles. The number of Topliss-reactive ketones (excluding diaryl/α,β-unsaturated/α-hetero) is 1. The van der Waals surface area contributed by atoms with Crippen LogP contribution >= 0.6 is 0 Å². The number of hydrogen-bond acceptors (Lipinski definition) is 11. The lowest BCUT2D eigenvalue weighted by molar-refractivity contribution is -0.168. The molecule has 0 aromatic heterocycles. The van der Waals surface area contributed by atoms with Crippen molar-refractivity contribution < 1.29 is 63.6 Å². The number of carbonyl (C=O) groups excluding carboxylic acids is 3. The summed E-state index contributed by atoms with van der Waals surface area (Å²) in [6, 6.07) is 7.21. The van der Waals surface area contributed by atoms with Crippen LogP contribution in [0.5, 0.6) is 0 Å². The molecule has 1 aliphatic rings. The van der Waals surface area contributed by atoms with E-state index >= 15 is 0 Å². The van der Waals surface area contributed by atoms with E-state index in [0.717, 1.165) is 32.1 Å². The fourth-order valence-corrected chi connectivity index (χ4v) is 8.05. The SMILES string of the molecule is C.CC(=O)C(F)(F)F.CCCCCCCCCCCCCC[C@@H](O)[C@@H](O)[C@@H]1COC(C)(C)N1C(=O)OC(C)(C)C.CCCCCCCCCCCCCC[C@@H](O)[C@@H](OC(=O)c1ccccc1)[C@@H](N)CO.[2HH]. The number of esters is 1. The van der Waals surface area contributed by atoms with Crippen LogP contribution in [0, 0.1) is 0 Å². The maximum atomic E-state index is 12.7. The van der Waals surface area contributed by atoms with Gasteiger partial charge in [0.15, 0.2) is 0 Å². The van der Waals surface area contributed by atoms with Crippen molar-refractivity contribution in [1.82, 2.24) is 4.90 Å². The second kappa shape index (κ2) is 39.7. The first-order valence-corrected chi connectivity index (χ1v) is 26.4. The van der Waals surface area contributed by atoms with Gasteiger partial charge in [-0.05, 0) is 59.6 Å². The Morgan fingerprint density at radius 2 is 1.10 bits per heavy atom. The molecule has 6 atom stereocenters. The summed E-state index contributed by atoms with van der Waals surface area (Å²) >= 11 is 0. The molecule has 0 spiro atoms. The Kier molecular flexibility index (Phi) is 39.3. The van der Waals surface area contributed by atoms with Gasteiger partial charge in [-0.25, -0.2) is 9.59 Å². The molecule has 70 heavy (non-hydrogen) atoms. The molecule has 414 valence electrons. The van der Waals surface area contributed by atoms with Gasteiger partial charge in [-0.15, -0.1) is 0 Å². The lowest BCUT2D eigenvalue weighted by atomic mass is 9.98. The normalized spacial score (nSPS) is 16.6. The van der Waals surface area contributed by atoms with Gasteiger partial charge in [0.2, 0.25) is 5.78 Å². The van der Waals surface area contributed by atoms with E-state index in [2.05, 4.69) is 13.8 Å². The van der Waals surface area contributed by atoms with Crippen LogP contribution in [0.3, 0.4) is 0 Å². The average molecular weight is 1010 g/mol. The summed E-state index contributed by atoms with van der Waals surface area (Å²) in [5.74, 6) is -2.29. The molecule has 1 aliphatic heterocycles. The van der Waals surface area contributed by atoms with Crippen LogP contribution in [-0.2, 0) is 19.0 Å². The van der Waals surface area contributed by atoms with Crippen molar-refractivity contribution in [2.45, 2.75) is 284 Å². The third kappa shape index (κ3) is 33.0. The fraction of sp³-hybridized carbons (Fsp3) is 0.836. The zero-order chi connectivity index (χ0) is 52.3. The summed E-state index contributed by atoms with van der Waals surface area (Å²) in [4.78, 5) is 35.8. The molecule has 2 rings (SSSR count). The first-order chi connectivity index (χ1) is 32.5. The van der Waals surface area contributed by atoms with Crippen LogP contribution in [-0.4, -0.2) is 110 Å². The van der Waals surface area contributed by atoms with Crippen LogP contribution in [0.1, 0.15) is 242 Å². The van der Waals surface area contributed by atoms with E-state index in [1.165, 1.54) is 127 Å². The van der Waals surface area contributed by atoms with Crippen molar-refractivity contribution in [2.75, 3.05) is 13.2 Å². The standard InChI is InChI=1S/C26H51NO5.C25H43NO4.C3H3F3O.CH4.H2/c1-7-8-9-10-11-12-13-14-15-16-17-18-19-22(28)23(29)21-20-31-26(5,6)27(21)24(30)32-25(2,3)4;1-2-3-4-5-6-7-8-9-10-11-12-16-19-23(28)24(22(26)20-27)30-25(29)21-17-14-13-15-18-21;1-2(7)3(4,5)6;;/h21-23,28-29H,7-20H2,1-6H3;13-15,17-18,22-24,27-28H,2-12,16,19-20,26H2,1H3;1H3;1H4;1H/t21-,22+,23-;22-,23+,24-;;;/m00.../s1/i;;;;1+1. The predicted molar refractivity (Wildman–Crippen MR) is 278 cm³/mol. The summed E-state index contributed by atoms with van der Waals surface area (Å²) in [5, 5.41) is 41.2. The van der Waals surface area contributed by atoms with E-state index in [0.29, 0.717) is 25.3 Å². The van der Waals surface area contributed by atoms with Crippen LogP contribution in [0.25, 0.3) is 0 Å². The number of aliphatic hydroxyl groups is 4. The van der Waals surface area contributed by atoms with Gasteiger partial charge in [-0.1, -0.05) is 194 Å². The molecule has 6 N–H and O–H groups in total. The molecular weight excluding hydrogens is 906 g/mol. The Labute approximate surface area is 423 Å². The highest BCUT2D eigenvalue weighted by molar-refractivity contribution is 5.89. The number of unbranched alkanes of at least 4 members (excludes halogenated alkanes) is 22. The van der Waals surface area contributed by atoms with Crippen molar-refractivity contribution in [2.24, 2.45) is 5.73 Å². The van der Waals surface area contributed by atoms with Crippen molar-refractivity contribution in [1.29, 1.82) is 0 Å². The van der Waals surface area contributed by atoms with Crippen LogP contribution in [0.2, 0.25) is 0 Å². The Balaban J connectivity index is -0.00000112. The van der Waals surface area contributed by atoms with E-state index in [-0.39, 0.29) is 22.1 Å². The summed E-state index contributed by atoms with van der Waals surface area (Å²) in [7, 11) is 0. The number of carbonyl (C=O) groups is 3. The highest BCUT2D eigenvalue weighted by Gasteiger charge is 2.49. The van der Waals surface area contributed by atoms with Crippen molar-refractivity contribution in [3.8, 4) is 0 Å². The van der Waals surface area contributed by atoms with E-state index in [9.17, 15) is 48.0 Å². The Hall–Kier alpha value is -2.82. The van der Waals surface area contributed by atoms with Gasteiger partial charge < -0.3 is 40.4 Å². The second-order valence-electron chi connectivity index (χ2n) is 20.3. The Bertz CT molecular complexity index is 1450. The molecule has 15 heteroatoms. The topological polar surface area (TPSA) is 189 Å². The number of nitrogens with two attached hydrogens (primary N) is 1. The molecule has 1 saturated heterocycles. The summed E-state index contributed by atoms with van der Waals surface area (Å²) in [6.45, 7) is 13.8. The van der Waals surface area contributed by atoms with Gasteiger partial charge in [0, 0.05) is 8.35 Å². The van der Waals surface area contributed by atoms with Crippen molar-refractivity contribution in [3.63, 3.8) is 0 Å². The van der Waals surface area contributed by atoms with Crippen LogP contribution in [0.4, 0.5) is 18.0 Å². The number of alkyl halides is 3. The number of nitrogens with zero attached hydrogens (tertiary/aromatic N) is 1. The molecule has 0 aliphatic carbocycles. The third-order valence-corrected chi connectivity index (χ3v) is 12.3. The largest absolute Gasteiger partial charge is 0.454 e. The second-order valence-corrected chi connectivity index (χ2v) is 20.3. The molecule has 0 unspecified atom stereocenters. The minimum atomic E-state index is -4.64. The lowest BCUT2D eigenvalue weighted by Crippen LogP contribution is -2.55. The molecule has 1 aromatic rings. The average Bonchev–Trinajstić information content (AvgIpc) is 3.62. The Morgan fingerprint density at radius 3 is 1.46 bits per heavy atom. The monoisotopic (exact) mass is 1010 g/mol. The van der Waals surface area contributed by atoms with Gasteiger partial charge in [-0.2, -0.15) is 13.2 Å². The predicted octanol–water partition coefficient (Wildman–Crippen LogP) is 13.2. The molecule has 12 nitrogen and oxygen atoms in total. The lowest BCUT2D eigenvalue weighted by Gasteiger charge is -2.37. The van der Waals surface area contributed by atoms with Gasteiger partial charge in [-0.3, -0.25) is 9.69 Å². The molecular formula is C55H103F3N2O10. The first-order valence-electron chi connectivity index (χ1n) is 26.4. The number of aliphatic hydroxyl groups excluding tert-OH is 4. The number of ether oxygens (including phenoxy) is 3. The van der Waals surface area contributed by atoms with E-state index in [1.54, 1.807) is 38.1 Å². The maximum absolute atomic E-state index is 12.7. The molecule has 0 radical (unpaired) electrons. The first kappa shape index (κ1) is 69.3. The number of rotatable bonds is 33. The molecule has 1 fully saturated rings. The number of ketones is 1. The minimum Gasteiger partial charge on any atom is -0.454 e. The zero-order valence-electron chi connectivity index (χ0n) is 44.0. The van der Waals surface area contributed by atoms with Gasteiger partial charge in [0.25, 0.3) is 0 Å². The van der Waals surface area contributed by atoms with Crippen LogP contribution < -0.4 is 5.73 Å².